The van der Waals surface area contributed by atoms with Crippen molar-refractivity contribution in [1.29, 1.82) is 0 Å². The van der Waals surface area contributed by atoms with Crippen LogP contribution in [-0.4, -0.2) is 39.9 Å². The molecule has 0 saturated heterocycles. The van der Waals surface area contributed by atoms with Crippen molar-refractivity contribution in [2.24, 2.45) is 0 Å². The Morgan fingerprint density at radius 1 is 0.453 bits per heavy atom. The largest absolute Gasteiger partial charge is 0.383 e. The predicted octanol–water partition coefficient (Wildman–Crippen LogP) is 14.1. The summed E-state index contributed by atoms with van der Waals surface area (Å²) in [5, 5.41) is 0. The number of ether oxygens (including phenoxy) is 1. The number of fused-ring (bicyclic) bond motifs is 3. The second-order valence-corrected chi connectivity index (χ2v) is 15.6. The molecule has 0 atom stereocenters. The van der Waals surface area contributed by atoms with Crippen LogP contribution in [0.5, 0.6) is 0 Å². The third-order valence-corrected chi connectivity index (χ3v) is 11.9. The van der Waals surface area contributed by atoms with E-state index < -0.39 is 0 Å². The van der Waals surface area contributed by atoms with Crippen LogP contribution in [0.25, 0.3) is 33.4 Å². The Hall–Kier alpha value is -3.56. The van der Waals surface area contributed by atoms with Crippen LogP contribution in [0.15, 0.2) is 84.9 Å². The summed E-state index contributed by atoms with van der Waals surface area (Å²) in [5.74, 6) is 0. The highest BCUT2D eigenvalue weighted by Gasteiger charge is 2.42. The fourth-order valence-electron chi connectivity index (χ4n) is 8.70. The summed E-state index contributed by atoms with van der Waals surface area (Å²) >= 11 is 0. The zero-order valence-corrected chi connectivity index (χ0v) is 34.3. The van der Waals surface area contributed by atoms with E-state index >= 15 is 0 Å². The molecule has 1 aliphatic carbocycles. The molecule has 4 aromatic carbocycles. The summed E-state index contributed by atoms with van der Waals surface area (Å²) in [7, 11) is 1.78. The van der Waals surface area contributed by atoms with E-state index in [1.165, 1.54) is 135 Å². The van der Waals surface area contributed by atoms with Crippen molar-refractivity contribution >= 4 is 11.4 Å². The quantitative estimate of drug-likeness (QED) is 0.0672. The molecule has 0 N–H and O–H groups in total. The molecule has 0 aliphatic heterocycles. The number of hydrogen-bond acceptors (Lipinski definition) is 3. The number of rotatable bonds is 24. The van der Waals surface area contributed by atoms with E-state index in [9.17, 15) is 0 Å². The molecule has 0 spiro atoms. The van der Waals surface area contributed by atoms with Gasteiger partial charge in [0, 0.05) is 50.1 Å². The molecule has 0 aromatic heterocycles. The number of methoxy groups -OCH3 is 1. The summed E-state index contributed by atoms with van der Waals surface area (Å²) in [6.07, 6.45) is 17.8. The maximum absolute atomic E-state index is 5.37. The highest BCUT2D eigenvalue weighted by Crippen LogP contribution is 2.55. The van der Waals surface area contributed by atoms with Gasteiger partial charge in [-0.25, -0.2) is 0 Å². The minimum Gasteiger partial charge on any atom is -0.383 e. The Morgan fingerprint density at radius 3 is 1.30 bits per heavy atom. The molecule has 4 aromatic rings. The first-order chi connectivity index (χ1) is 26.0. The molecule has 0 saturated carbocycles. The van der Waals surface area contributed by atoms with Crippen LogP contribution < -0.4 is 9.80 Å². The maximum Gasteiger partial charge on any atom is 0.0637 e. The van der Waals surface area contributed by atoms with Crippen molar-refractivity contribution < 1.29 is 4.74 Å². The number of nitrogens with zero attached hydrogens (tertiary/aromatic N) is 2. The molecule has 0 heterocycles. The van der Waals surface area contributed by atoms with Crippen LogP contribution in [0.3, 0.4) is 0 Å². The van der Waals surface area contributed by atoms with Crippen molar-refractivity contribution in [3.8, 4) is 33.4 Å². The van der Waals surface area contributed by atoms with E-state index in [0.29, 0.717) is 0 Å². The molecular formula is C50H70N2O. The fourth-order valence-corrected chi connectivity index (χ4v) is 8.70. The highest BCUT2D eigenvalue weighted by molar-refractivity contribution is 5.86. The Morgan fingerprint density at radius 2 is 0.887 bits per heavy atom. The zero-order chi connectivity index (χ0) is 37.5. The van der Waals surface area contributed by atoms with Crippen molar-refractivity contribution in [3.63, 3.8) is 0 Å². The molecular weight excluding hydrogens is 645 g/mol. The molecule has 3 nitrogen and oxygen atoms in total. The van der Waals surface area contributed by atoms with Gasteiger partial charge in [0.05, 0.1) is 6.61 Å². The molecule has 0 radical (unpaired) electrons. The monoisotopic (exact) mass is 715 g/mol. The first-order valence-corrected chi connectivity index (χ1v) is 21.5. The van der Waals surface area contributed by atoms with E-state index in [2.05, 4.69) is 129 Å². The molecule has 0 fully saturated rings. The number of benzene rings is 4. The van der Waals surface area contributed by atoms with Crippen LogP contribution in [-0.2, 0) is 10.2 Å². The summed E-state index contributed by atoms with van der Waals surface area (Å²) in [6.45, 7) is 16.5. The van der Waals surface area contributed by atoms with Gasteiger partial charge in [0.2, 0.25) is 0 Å². The number of anilines is 2. The molecule has 1 aliphatic rings. The molecule has 286 valence electrons. The molecule has 5 rings (SSSR count). The third-order valence-electron chi connectivity index (χ3n) is 11.9. The van der Waals surface area contributed by atoms with Crippen molar-refractivity contribution in [3.05, 3.63) is 96.1 Å². The average Bonchev–Trinajstić information content (AvgIpc) is 3.47. The van der Waals surface area contributed by atoms with Gasteiger partial charge in [0.1, 0.15) is 0 Å². The maximum atomic E-state index is 5.37. The second-order valence-electron chi connectivity index (χ2n) is 15.6. The minimum absolute atomic E-state index is 0.0372. The molecule has 53 heavy (non-hydrogen) atoms. The smallest absolute Gasteiger partial charge is 0.0637 e. The second kappa shape index (κ2) is 20.8. The fraction of sp³-hybridized carbons (Fsp3) is 0.520. The van der Waals surface area contributed by atoms with Crippen molar-refractivity contribution in [2.45, 2.75) is 130 Å². The van der Waals surface area contributed by atoms with Crippen LogP contribution in [0.1, 0.15) is 136 Å². The van der Waals surface area contributed by atoms with Crippen LogP contribution in [0.4, 0.5) is 11.4 Å². The normalized spacial score (nSPS) is 12.9. The average molecular weight is 715 g/mol. The summed E-state index contributed by atoms with van der Waals surface area (Å²) in [6, 6.07) is 33.5. The summed E-state index contributed by atoms with van der Waals surface area (Å²) in [5.41, 5.74) is 13.9. The van der Waals surface area contributed by atoms with Gasteiger partial charge < -0.3 is 14.5 Å². The van der Waals surface area contributed by atoms with E-state index in [1.54, 1.807) is 18.2 Å². The van der Waals surface area contributed by atoms with Crippen LogP contribution in [0.2, 0.25) is 0 Å². The third kappa shape index (κ3) is 9.96. The molecule has 0 bridgehead atoms. The van der Waals surface area contributed by atoms with Gasteiger partial charge in [-0.1, -0.05) is 140 Å². The van der Waals surface area contributed by atoms with Gasteiger partial charge in [-0.2, -0.15) is 0 Å². The topological polar surface area (TPSA) is 15.7 Å². The first kappa shape index (κ1) is 40.6. The van der Waals surface area contributed by atoms with Gasteiger partial charge in [0.15, 0.2) is 0 Å². The number of unbranched alkanes of at least 4 members (excludes halogenated alkanes) is 8. The van der Waals surface area contributed by atoms with E-state index in [4.69, 9.17) is 4.74 Å². The van der Waals surface area contributed by atoms with Gasteiger partial charge >= 0.3 is 0 Å². The number of likely N-dealkylation sites (N-methyl/N-ethyl adjacent to an activating group) is 1. The Bertz CT molecular complexity index is 1640. The lowest BCUT2D eigenvalue weighted by atomic mass is 9.70. The van der Waals surface area contributed by atoms with Gasteiger partial charge in [-0.3, -0.25) is 0 Å². The summed E-state index contributed by atoms with van der Waals surface area (Å²) in [4.78, 5) is 5.04. The Kier molecular flexibility index (Phi) is 15.9. The number of hydrogen-bond donors (Lipinski definition) is 0. The predicted molar refractivity (Wildman–Crippen MR) is 233 cm³/mol. The van der Waals surface area contributed by atoms with Gasteiger partial charge in [0.25, 0.3) is 0 Å². The Labute approximate surface area is 324 Å². The highest BCUT2D eigenvalue weighted by atomic mass is 16.5. The Balaban J connectivity index is 1.47. The van der Waals surface area contributed by atoms with Crippen molar-refractivity contribution in [2.75, 3.05) is 49.7 Å². The molecule has 0 unspecified atom stereocenters. The molecule has 3 heteroatoms. The van der Waals surface area contributed by atoms with Crippen molar-refractivity contribution in [1.82, 2.24) is 0 Å². The lowest BCUT2D eigenvalue weighted by Gasteiger charge is -2.33. The van der Waals surface area contributed by atoms with Gasteiger partial charge in [-0.05, 0) is 114 Å². The lowest BCUT2D eigenvalue weighted by molar-refractivity contribution is 0.205. The SMILES string of the molecule is CCCCCCN(CCCCCC)c1ccc(-c2ccc3c(c2)C(CCCC)(CCCC)c2cc(-c4ccc(N(CC)CCOC)cc4)ccc2-3)cc1. The lowest BCUT2D eigenvalue weighted by Crippen LogP contribution is -2.26. The minimum atomic E-state index is 0.0372. The standard InChI is InChI=1S/C50H70N2O/c1-7-12-16-18-34-52(35-19-17-13-8-2)45-28-22-41(23-29-45)43-25-31-47-46-30-24-42(40-20-26-44(27-21-40)51(11-5)36-37-53-6)38-48(46)50(32-14-9-3,33-15-10-4)49(47)39-43/h20-31,38-39H,7-19,32-37H2,1-6H3. The van der Waals surface area contributed by atoms with Crippen LogP contribution in [0, 0.1) is 0 Å². The van der Waals surface area contributed by atoms with E-state index in [1.807, 2.05) is 0 Å². The zero-order valence-electron chi connectivity index (χ0n) is 34.3. The molecule has 0 amide bonds. The van der Waals surface area contributed by atoms with E-state index in [0.717, 1.165) is 32.8 Å². The first-order valence-electron chi connectivity index (χ1n) is 21.5. The van der Waals surface area contributed by atoms with E-state index in [-0.39, 0.29) is 5.41 Å². The van der Waals surface area contributed by atoms with Crippen LogP contribution >= 0.6 is 0 Å². The summed E-state index contributed by atoms with van der Waals surface area (Å²) < 4.78 is 5.37. The van der Waals surface area contributed by atoms with Gasteiger partial charge in [-0.15, -0.1) is 0 Å².